The molecule has 3 N–H and O–H groups in total. The largest absolute Gasteiger partial charge is 0.478 e. The number of anilines is 1. The molecule has 2 heterocycles. The van der Waals surface area contributed by atoms with E-state index in [2.05, 4.69) is 15.4 Å². The van der Waals surface area contributed by atoms with Crippen LogP contribution in [0.1, 0.15) is 16.8 Å². The highest BCUT2D eigenvalue weighted by Crippen LogP contribution is 2.25. The van der Waals surface area contributed by atoms with Crippen molar-refractivity contribution in [1.29, 1.82) is 0 Å². The molecular weight excluding hydrogens is 292 g/mol. The van der Waals surface area contributed by atoms with E-state index < -0.39 is 5.97 Å². The molecule has 0 aromatic carbocycles. The van der Waals surface area contributed by atoms with E-state index >= 15 is 0 Å². The molecule has 21 heavy (non-hydrogen) atoms. The van der Waals surface area contributed by atoms with Crippen molar-refractivity contribution in [1.82, 2.24) is 14.8 Å². The Hall–Kier alpha value is -1.80. The van der Waals surface area contributed by atoms with Gasteiger partial charge in [0.25, 0.3) is 0 Å². The van der Waals surface area contributed by atoms with Gasteiger partial charge in [-0.3, -0.25) is 4.68 Å². The highest BCUT2D eigenvalue weighted by atomic mass is 32.2. The molecule has 0 aliphatic heterocycles. The van der Waals surface area contributed by atoms with Gasteiger partial charge in [0.15, 0.2) is 5.65 Å². The van der Waals surface area contributed by atoms with Gasteiger partial charge in [-0.05, 0) is 12.2 Å². The molecule has 0 unspecified atom stereocenters. The van der Waals surface area contributed by atoms with Gasteiger partial charge in [0, 0.05) is 32.1 Å². The van der Waals surface area contributed by atoms with Crippen LogP contribution >= 0.6 is 11.8 Å². The lowest BCUT2D eigenvalue weighted by molar-refractivity contribution is 0.0697. The highest BCUT2D eigenvalue weighted by molar-refractivity contribution is 7.99. The van der Waals surface area contributed by atoms with Crippen molar-refractivity contribution in [3.8, 4) is 0 Å². The number of hydrogen-bond donors (Lipinski definition) is 3. The van der Waals surface area contributed by atoms with Crippen molar-refractivity contribution in [2.45, 2.75) is 6.42 Å². The number of aromatic carboxylic acids is 1. The number of aliphatic hydroxyl groups is 1. The maximum atomic E-state index is 11.3. The van der Waals surface area contributed by atoms with Crippen LogP contribution in [-0.2, 0) is 7.05 Å². The van der Waals surface area contributed by atoms with Gasteiger partial charge >= 0.3 is 5.97 Å². The summed E-state index contributed by atoms with van der Waals surface area (Å²) >= 11 is 1.72. The number of carboxylic acid groups (broad SMARTS) is 1. The van der Waals surface area contributed by atoms with E-state index in [0.29, 0.717) is 23.3 Å². The average Bonchev–Trinajstić information content (AvgIpc) is 2.84. The second-order valence-electron chi connectivity index (χ2n) is 4.47. The zero-order valence-electron chi connectivity index (χ0n) is 11.7. The van der Waals surface area contributed by atoms with Crippen LogP contribution in [0.4, 0.5) is 5.69 Å². The van der Waals surface area contributed by atoms with E-state index in [0.717, 1.165) is 17.9 Å². The summed E-state index contributed by atoms with van der Waals surface area (Å²) < 4.78 is 1.61. The summed E-state index contributed by atoms with van der Waals surface area (Å²) in [6, 6.07) is 0. The standard InChI is InChI=1S/C13H18N4O3S/c1-17-12-9(8-16-17)11(10(7-15-12)13(19)20)14-3-6-21-5-2-4-18/h7-8,18H,2-6H2,1H3,(H,14,15)(H,19,20). The molecule has 114 valence electrons. The van der Waals surface area contributed by atoms with E-state index in [4.69, 9.17) is 5.11 Å². The Labute approximate surface area is 126 Å². The molecule has 2 aromatic heterocycles. The molecule has 0 spiro atoms. The zero-order valence-corrected chi connectivity index (χ0v) is 12.6. The lowest BCUT2D eigenvalue weighted by Crippen LogP contribution is -2.11. The number of fused-ring (bicyclic) bond motifs is 1. The topological polar surface area (TPSA) is 100 Å². The van der Waals surface area contributed by atoms with E-state index in [1.165, 1.54) is 6.20 Å². The maximum Gasteiger partial charge on any atom is 0.339 e. The second-order valence-corrected chi connectivity index (χ2v) is 5.70. The van der Waals surface area contributed by atoms with Crippen LogP contribution in [0, 0.1) is 0 Å². The molecule has 2 aromatic rings. The fourth-order valence-electron chi connectivity index (χ4n) is 1.97. The lowest BCUT2D eigenvalue weighted by atomic mass is 10.2. The van der Waals surface area contributed by atoms with Crippen LogP contribution in [0.2, 0.25) is 0 Å². The third kappa shape index (κ3) is 3.64. The SMILES string of the molecule is Cn1ncc2c(NCCSCCCO)c(C(=O)O)cnc21. The monoisotopic (exact) mass is 310 g/mol. The number of thioether (sulfide) groups is 1. The van der Waals surface area contributed by atoms with Crippen LogP contribution in [-0.4, -0.2) is 55.6 Å². The van der Waals surface area contributed by atoms with Gasteiger partial charge in [0.1, 0.15) is 5.56 Å². The zero-order chi connectivity index (χ0) is 15.2. The summed E-state index contributed by atoms with van der Waals surface area (Å²) in [4.78, 5) is 15.4. The van der Waals surface area contributed by atoms with Crippen molar-refractivity contribution in [2.24, 2.45) is 7.05 Å². The molecule has 0 saturated heterocycles. The fraction of sp³-hybridized carbons (Fsp3) is 0.462. The summed E-state index contributed by atoms with van der Waals surface area (Å²) in [6.45, 7) is 0.842. The molecule has 0 aliphatic carbocycles. The number of pyridine rings is 1. The number of rotatable bonds is 8. The Balaban J connectivity index is 2.12. The van der Waals surface area contributed by atoms with Crippen LogP contribution in [0.25, 0.3) is 11.0 Å². The third-order valence-corrected chi connectivity index (χ3v) is 4.06. The number of nitrogens with one attached hydrogen (secondary N) is 1. The molecule has 0 radical (unpaired) electrons. The molecule has 0 saturated carbocycles. The van der Waals surface area contributed by atoms with E-state index in [-0.39, 0.29) is 12.2 Å². The van der Waals surface area contributed by atoms with Gasteiger partial charge in [-0.15, -0.1) is 0 Å². The number of hydrogen-bond acceptors (Lipinski definition) is 6. The van der Waals surface area contributed by atoms with Crippen molar-refractivity contribution < 1.29 is 15.0 Å². The van der Waals surface area contributed by atoms with Crippen LogP contribution < -0.4 is 5.32 Å². The summed E-state index contributed by atoms with van der Waals surface area (Å²) in [5, 5.41) is 26.0. The molecule has 0 amide bonds. The predicted octanol–water partition coefficient (Wildman–Crippen LogP) is 1.19. The first kappa shape index (κ1) is 15.6. The summed E-state index contributed by atoms with van der Waals surface area (Å²) in [7, 11) is 1.77. The van der Waals surface area contributed by atoms with E-state index in [9.17, 15) is 9.90 Å². The van der Waals surface area contributed by atoms with Crippen LogP contribution in [0.3, 0.4) is 0 Å². The van der Waals surface area contributed by atoms with E-state index in [1.54, 1.807) is 29.7 Å². The minimum Gasteiger partial charge on any atom is -0.478 e. The van der Waals surface area contributed by atoms with Crippen molar-refractivity contribution in [3.63, 3.8) is 0 Å². The Kier molecular flexibility index (Phi) is 5.40. The normalized spacial score (nSPS) is 11.0. The smallest absolute Gasteiger partial charge is 0.339 e. The molecule has 2 rings (SSSR count). The minimum absolute atomic E-state index is 0.149. The molecule has 0 aliphatic rings. The lowest BCUT2D eigenvalue weighted by Gasteiger charge is -2.10. The number of carboxylic acids is 1. The van der Waals surface area contributed by atoms with Crippen molar-refractivity contribution in [3.05, 3.63) is 18.0 Å². The van der Waals surface area contributed by atoms with Gasteiger partial charge in [-0.25, -0.2) is 9.78 Å². The van der Waals surface area contributed by atoms with Gasteiger partial charge in [-0.1, -0.05) is 0 Å². The number of aryl methyl sites for hydroxylation is 1. The molecule has 0 fully saturated rings. The van der Waals surface area contributed by atoms with Crippen molar-refractivity contribution in [2.75, 3.05) is 30.0 Å². The molecule has 7 nitrogen and oxygen atoms in total. The minimum atomic E-state index is -1.01. The number of aliphatic hydroxyl groups excluding tert-OH is 1. The van der Waals surface area contributed by atoms with Gasteiger partial charge in [-0.2, -0.15) is 16.9 Å². The summed E-state index contributed by atoms with van der Waals surface area (Å²) in [5.74, 6) is 0.717. The molecule has 8 heteroatoms. The Morgan fingerprint density at radius 1 is 1.43 bits per heavy atom. The molecular formula is C13H18N4O3S. The van der Waals surface area contributed by atoms with Crippen molar-refractivity contribution >= 4 is 34.5 Å². The van der Waals surface area contributed by atoms with E-state index in [1.807, 2.05) is 0 Å². The van der Waals surface area contributed by atoms with Gasteiger partial charge < -0.3 is 15.5 Å². The number of aromatic nitrogens is 3. The third-order valence-electron chi connectivity index (χ3n) is 2.99. The number of nitrogens with zero attached hydrogens (tertiary/aromatic N) is 3. The summed E-state index contributed by atoms with van der Waals surface area (Å²) in [6.07, 6.45) is 3.75. The average molecular weight is 310 g/mol. The predicted molar refractivity (Wildman–Crippen MR) is 83.0 cm³/mol. The number of carbonyl (C=O) groups is 1. The maximum absolute atomic E-state index is 11.3. The second kappa shape index (κ2) is 7.28. The highest BCUT2D eigenvalue weighted by Gasteiger charge is 2.16. The Morgan fingerprint density at radius 2 is 2.24 bits per heavy atom. The van der Waals surface area contributed by atoms with Crippen LogP contribution in [0.5, 0.6) is 0 Å². The quantitative estimate of drug-likeness (QED) is 0.630. The fourth-order valence-corrected chi connectivity index (χ4v) is 2.75. The first-order chi connectivity index (χ1) is 10.1. The first-order valence-corrected chi connectivity index (χ1v) is 7.77. The van der Waals surface area contributed by atoms with Crippen LogP contribution in [0.15, 0.2) is 12.4 Å². The first-order valence-electron chi connectivity index (χ1n) is 6.61. The summed E-state index contributed by atoms with van der Waals surface area (Å²) in [5.41, 5.74) is 1.36. The van der Waals surface area contributed by atoms with Gasteiger partial charge in [0.2, 0.25) is 0 Å². The molecule has 0 atom stereocenters. The Morgan fingerprint density at radius 3 is 2.95 bits per heavy atom. The molecule has 0 bridgehead atoms. The van der Waals surface area contributed by atoms with Gasteiger partial charge in [0.05, 0.1) is 17.3 Å². The Bertz CT molecular complexity index is 629.